The molecule has 2 aliphatic carbocycles. The van der Waals surface area contributed by atoms with Crippen LogP contribution in [0.1, 0.15) is 37.2 Å². The van der Waals surface area contributed by atoms with Gasteiger partial charge in [-0.1, -0.05) is 11.6 Å². The Balaban J connectivity index is 2.31. The summed E-state index contributed by atoms with van der Waals surface area (Å²) in [6, 6.07) is 0. The lowest BCUT2D eigenvalue weighted by Crippen LogP contribution is -2.37. The van der Waals surface area contributed by atoms with Gasteiger partial charge in [-0.15, -0.1) is 0 Å². The Morgan fingerprint density at radius 2 is 2.33 bits per heavy atom. The van der Waals surface area contributed by atoms with Crippen molar-refractivity contribution in [2.24, 2.45) is 5.73 Å². The van der Waals surface area contributed by atoms with Crippen molar-refractivity contribution in [3.05, 3.63) is 22.3 Å². The minimum atomic E-state index is -0.193. The zero-order valence-electron chi connectivity index (χ0n) is 8.55. The van der Waals surface area contributed by atoms with Gasteiger partial charge in [0.2, 0.25) is 5.91 Å². The standard InChI is InChI=1S/C12H14N2O/c13-12(15)8-5-4-7-2-1-3-10-11(7)9(8)6-14-10/h3,6,8,14H,1-2,4-5H2,(H2,13,15). The van der Waals surface area contributed by atoms with Gasteiger partial charge in [-0.2, -0.15) is 0 Å². The number of primary amides is 1. The monoisotopic (exact) mass is 202 g/mol. The van der Waals surface area contributed by atoms with Crippen molar-refractivity contribution in [2.75, 3.05) is 0 Å². The number of aromatic nitrogens is 1. The quantitative estimate of drug-likeness (QED) is 0.667. The van der Waals surface area contributed by atoms with Crippen molar-refractivity contribution in [1.82, 2.24) is 4.98 Å². The molecule has 0 aromatic carbocycles. The lowest BCUT2D eigenvalue weighted by Gasteiger charge is -2.21. The van der Waals surface area contributed by atoms with Crippen molar-refractivity contribution < 1.29 is 4.79 Å². The van der Waals surface area contributed by atoms with Crippen LogP contribution in [0.5, 0.6) is 0 Å². The third-order valence-corrected chi connectivity index (χ3v) is 3.54. The molecule has 1 aromatic heterocycles. The Morgan fingerprint density at radius 1 is 1.47 bits per heavy atom. The maximum absolute atomic E-state index is 11.3. The molecular formula is C12H14N2O. The van der Waals surface area contributed by atoms with Gasteiger partial charge in [0.05, 0.1) is 5.92 Å². The van der Waals surface area contributed by atoms with Gasteiger partial charge in [-0.3, -0.25) is 4.79 Å². The molecule has 15 heavy (non-hydrogen) atoms. The van der Waals surface area contributed by atoms with E-state index in [0.717, 1.165) is 31.2 Å². The predicted molar refractivity (Wildman–Crippen MR) is 58.3 cm³/mol. The zero-order valence-corrected chi connectivity index (χ0v) is 8.55. The highest BCUT2D eigenvalue weighted by molar-refractivity contribution is 5.83. The highest BCUT2D eigenvalue weighted by Gasteiger charge is 2.26. The first-order chi connectivity index (χ1) is 7.27. The van der Waals surface area contributed by atoms with E-state index in [1.165, 1.54) is 16.1 Å². The normalized spacial score (nSPS) is 23.2. The Labute approximate surface area is 87.7 Å². The summed E-state index contributed by atoms with van der Waals surface area (Å²) < 4.78 is 0. The Hall–Kier alpha value is -1.51. The molecule has 3 nitrogen and oxygen atoms in total. The molecule has 3 rings (SSSR count). The molecule has 1 heterocycles. The average molecular weight is 202 g/mol. The fraction of sp³-hybridized carbons (Fsp3) is 0.417. The average Bonchev–Trinajstić information content (AvgIpc) is 2.65. The van der Waals surface area contributed by atoms with Crippen molar-refractivity contribution in [3.8, 4) is 0 Å². The SMILES string of the molecule is NC(=O)C1CCC2=c3c1c[nH]c3=CCC2. The number of nitrogens with one attached hydrogen (secondary N) is 1. The van der Waals surface area contributed by atoms with E-state index >= 15 is 0 Å². The largest absolute Gasteiger partial charge is 0.369 e. The summed E-state index contributed by atoms with van der Waals surface area (Å²) in [4.78, 5) is 14.6. The third kappa shape index (κ3) is 1.16. The van der Waals surface area contributed by atoms with E-state index in [9.17, 15) is 4.79 Å². The number of H-pyrrole nitrogens is 1. The molecule has 0 saturated carbocycles. The molecule has 3 N–H and O–H groups in total. The van der Waals surface area contributed by atoms with Gasteiger partial charge < -0.3 is 10.7 Å². The molecule has 0 aliphatic heterocycles. The van der Waals surface area contributed by atoms with E-state index < -0.39 is 0 Å². The summed E-state index contributed by atoms with van der Waals surface area (Å²) in [6.07, 6.45) is 8.34. The number of aromatic amines is 1. The lowest BCUT2D eigenvalue weighted by atomic mass is 9.83. The summed E-state index contributed by atoms with van der Waals surface area (Å²) >= 11 is 0. The molecule has 1 amide bonds. The van der Waals surface area contributed by atoms with Crippen LogP contribution in [-0.2, 0) is 4.79 Å². The molecule has 3 heteroatoms. The Morgan fingerprint density at radius 3 is 3.13 bits per heavy atom. The van der Waals surface area contributed by atoms with Crippen molar-refractivity contribution >= 4 is 17.6 Å². The summed E-state index contributed by atoms with van der Waals surface area (Å²) in [5.41, 5.74) is 8.05. The molecule has 1 unspecified atom stereocenters. The first kappa shape index (κ1) is 8.77. The summed E-state index contributed by atoms with van der Waals surface area (Å²) in [5, 5.41) is 2.48. The Kier molecular flexibility index (Phi) is 1.75. The smallest absolute Gasteiger partial charge is 0.225 e. The summed E-state index contributed by atoms with van der Waals surface area (Å²) in [6.45, 7) is 0. The molecular weight excluding hydrogens is 188 g/mol. The van der Waals surface area contributed by atoms with Crippen LogP contribution in [-0.4, -0.2) is 10.9 Å². The van der Waals surface area contributed by atoms with Crippen molar-refractivity contribution in [1.29, 1.82) is 0 Å². The fourth-order valence-electron chi connectivity index (χ4n) is 2.82. The number of carbonyl (C=O) groups is 1. The maximum Gasteiger partial charge on any atom is 0.225 e. The van der Waals surface area contributed by atoms with Crippen LogP contribution < -0.4 is 16.3 Å². The van der Waals surface area contributed by atoms with Crippen LogP contribution in [0.15, 0.2) is 6.20 Å². The summed E-state index contributed by atoms with van der Waals surface area (Å²) in [5.74, 6) is -0.276. The van der Waals surface area contributed by atoms with Crippen molar-refractivity contribution in [3.63, 3.8) is 0 Å². The van der Waals surface area contributed by atoms with E-state index in [0.29, 0.717) is 0 Å². The molecule has 78 valence electrons. The second-order valence-electron chi connectivity index (χ2n) is 4.37. The molecule has 2 aliphatic rings. The van der Waals surface area contributed by atoms with Crippen LogP contribution in [0.2, 0.25) is 0 Å². The maximum atomic E-state index is 11.3. The number of amides is 1. The van der Waals surface area contributed by atoms with Crippen LogP contribution in [0.25, 0.3) is 11.6 Å². The van der Waals surface area contributed by atoms with E-state index in [4.69, 9.17) is 5.73 Å². The van der Waals surface area contributed by atoms with E-state index in [1.807, 2.05) is 6.20 Å². The molecule has 0 radical (unpaired) electrons. The summed E-state index contributed by atoms with van der Waals surface area (Å²) in [7, 11) is 0. The van der Waals surface area contributed by atoms with Crippen LogP contribution in [0, 0.1) is 0 Å². The minimum absolute atomic E-state index is 0.0831. The van der Waals surface area contributed by atoms with Crippen LogP contribution >= 0.6 is 0 Å². The van der Waals surface area contributed by atoms with E-state index in [2.05, 4.69) is 11.1 Å². The molecule has 1 aromatic rings. The Bertz CT molecular complexity index is 538. The highest BCUT2D eigenvalue weighted by atomic mass is 16.1. The topological polar surface area (TPSA) is 58.9 Å². The van der Waals surface area contributed by atoms with Gasteiger partial charge in [0, 0.05) is 16.8 Å². The second kappa shape index (κ2) is 2.99. The van der Waals surface area contributed by atoms with Crippen molar-refractivity contribution in [2.45, 2.75) is 31.6 Å². The number of carbonyl (C=O) groups excluding carboxylic acids is 1. The van der Waals surface area contributed by atoms with Gasteiger partial charge in [-0.25, -0.2) is 0 Å². The van der Waals surface area contributed by atoms with Crippen LogP contribution in [0.4, 0.5) is 0 Å². The van der Waals surface area contributed by atoms with Gasteiger partial charge in [0.1, 0.15) is 0 Å². The molecule has 0 saturated heterocycles. The third-order valence-electron chi connectivity index (χ3n) is 3.54. The fourth-order valence-corrected chi connectivity index (χ4v) is 2.82. The molecule has 1 atom stereocenters. The molecule has 0 bridgehead atoms. The predicted octanol–water partition coefficient (Wildman–Crippen LogP) is 0.102. The molecule has 0 spiro atoms. The second-order valence-corrected chi connectivity index (χ2v) is 4.37. The van der Waals surface area contributed by atoms with Crippen LogP contribution in [0.3, 0.4) is 0 Å². The minimum Gasteiger partial charge on any atom is -0.369 e. The van der Waals surface area contributed by atoms with Gasteiger partial charge in [0.25, 0.3) is 0 Å². The van der Waals surface area contributed by atoms with Gasteiger partial charge in [0.15, 0.2) is 0 Å². The first-order valence-corrected chi connectivity index (χ1v) is 5.46. The number of hydrogen-bond donors (Lipinski definition) is 2. The highest BCUT2D eigenvalue weighted by Crippen LogP contribution is 2.28. The van der Waals surface area contributed by atoms with Gasteiger partial charge >= 0.3 is 0 Å². The lowest BCUT2D eigenvalue weighted by molar-refractivity contribution is -0.119. The zero-order chi connectivity index (χ0) is 10.4. The number of hydrogen-bond acceptors (Lipinski definition) is 1. The van der Waals surface area contributed by atoms with E-state index in [-0.39, 0.29) is 11.8 Å². The molecule has 0 fully saturated rings. The van der Waals surface area contributed by atoms with E-state index in [1.54, 1.807) is 0 Å². The first-order valence-electron chi connectivity index (χ1n) is 5.46. The number of rotatable bonds is 1. The number of nitrogens with two attached hydrogens (primary N) is 1. The van der Waals surface area contributed by atoms with Gasteiger partial charge in [-0.05, 0) is 31.2 Å².